The third kappa shape index (κ3) is 4.53. The third-order valence-corrected chi connectivity index (χ3v) is 6.18. The van der Waals surface area contributed by atoms with Crippen molar-refractivity contribution in [2.24, 2.45) is 5.41 Å². The number of pyridine rings is 1. The number of hydrogen-bond acceptors (Lipinski definition) is 6. The van der Waals surface area contributed by atoms with Gasteiger partial charge in [-0.05, 0) is 55.4 Å². The molecule has 9 heteroatoms. The van der Waals surface area contributed by atoms with Crippen LogP contribution in [0, 0.1) is 5.41 Å². The maximum atomic E-state index is 13.8. The molecular weight excluding hydrogens is 421 g/mol. The van der Waals surface area contributed by atoms with Crippen LogP contribution in [0.3, 0.4) is 0 Å². The van der Waals surface area contributed by atoms with E-state index in [0.29, 0.717) is 29.0 Å². The van der Waals surface area contributed by atoms with Gasteiger partial charge in [0.15, 0.2) is 0 Å². The highest BCUT2D eigenvalue weighted by Crippen LogP contribution is 2.44. The number of carbonyl (C=O) groups is 1. The van der Waals surface area contributed by atoms with Crippen molar-refractivity contribution in [3.63, 3.8) is 0 Å². The average Bonchev–Trinajstić information content (AvgIpc) is 3.38. The van der Waals surface area contributed by atoms with Crippen LogP contribution in [0.25, 0.3) is 11.1 Å². The smallest absolute Gasteiger partial charge is 0.255 e. The molecule has 5 rings (SSSR count). The second-order valence-electron chi connectivity index (χ2n) is 9.82. The summed E-state index contributed by atoms with van der Waals surface area (Å²) in [5.74, 6) is 1.05. The number of nitrogens with zero attached hydrogens (tertiary/aromatic N) is 4. The van der Waals surface area contributed by atoms with E-state index in [9.17, 15) is 9.18 Å². The summed E-state index contributed by atoms with van der Waals surface area (Å²) < 4.78 is 15.5. The molecule has 0 aromatic carbocycles. The summed E-state index contributed by atoms with van der Waals surface area (Å²) in [5, 5.41) is 13.6. The molecule has 3 N–H and O–H groups in total. The van der Waals surface area contributed by atoms with Gasteiger partial charge in [-0.1, -0.05) is 13.0 Å². The number of anilines is 2. The summed E-state index contributed by atoms with van der Waals surface area (Å²) in [6, 6.07) is 3.87. The SMILES string of the molecule is CC(C)(F)CNC(=O)c1cnn2ccc(C3=CCNc4nc(NCC5(C)CC5)ncc43)cc12. The Bertz CT molecular complexity index is 1250. The lowest BCUT2D eigenvalue weighted by Crippen LogP contribution is -2.35. The van der Waals surface area contributed by atoms with Gasteiger partial charge in [0.25, 0.3) is 5.91 Å². The molecule has 172 valence electrons. The first-order chi connectivity index (χ1) is 15.7. The van der Waals surface area contributed by atoms with Gasteiger partial charge >= 0.3 is 0 Å². The molecule has 1 aliphatic heterocycles. The average molecular weight is 450 g/mol. The largest absolute Gasteiger partial charge is 0.366 e. The van der Waals surface area contributed by atoms with Crippen molar-refractivity contribution in [1.82, 2.24) is 24.9 Å². The van der Waals surface area contributed by atoms with E-state index in [2.05, 4.69) is 44.0 Å². The summed E-state index contributed by atoms with van der Waals surface area (Å²) in [6.45, 7) is 6.56. The number of fused-ring (bicyclic) bond motifs is 2. The van der Waals surface area contributed by atoms with Gasteiger partial charge in [0.2, 0.25) is 5.95 Å². The van der Waals surface area contributed by atoms with Crippen LogP contribution in [-0.4, -0.2) is 50.8 Å². The standard InChI is InChI=1S/C24H28FN7O/c1-23(2,25)13-28-21(33)18-12-30-32-9-5-15(10-19(18)32)16-4-8-26-20-17(16)11-27-22(31-20)29-14-24(3)6-7-24/h4-5,9-12H,6-8,13-14H2,1-3H3,(H,28,33)(H2,26,27,29,31). The molecule has 1 aliphatic carbocycles. The highest BCUT2D eigenvalue weighted by Gasteiger charge is 2.37. The fourth-order valence-electron chi connectivity index (χ4n) is 3.82. The molecule has 0 bridgehead atoms. The van der Waals surface area contributed by atoms with E-state index in [4.69, 9.17) is 0 Å². The molecule has 0 saturated heterocycles. The second-order valence-corrected chi connectivity index (χ2v) is 9.82. The minimum Gasteiger partial charge on any atom is -0.366 e. The molecule has 3 aromatic heterocycles. The molecule has 2 aliphatic rings. The van der Waals surface area contributed by atoms with E-state index in [1.165, 1.54) is 32.9 Å². The lowest BCUT2D eigenvalue weighted by molar-refractivity contribution is 0.0922. The topological polar surface area (TPSA) is 96.2 Å². The minimum absolute atomic E-state index is 0.0695. The van der Waals surface area contributed by atoms with Crippen molar-refractivity contribution in [2.75, 3.05) is 30.3 Å². The van der Waals surface area contributed by atoms with Crippen molar-refractivity contribution >= 4 is 28.8 Å². The normalized spacial score (nSPS) is 16.5. The van der Waals surface area contributed by atoms with Crippen molar-refractivity contribution in [1.29, 1.82) is 0 Å². The molecule has 1 fully saturated rings. The maximum absolute atomic E-state index is 13.8. The van der Waals surface area contributed by atoms with Crippen LogP contribution < -0.4 is 16.0 Å². The number of carbonyl (C=O) groups excluding carboxylic acids is 1. The van der Waals surface area contributed by atoms with Crippen LogP contribution in [0.5, 0.6) is 0 Å². The Hall–Kier alpha value is -3.49. The van der Waals surface area contributed by atoms with Crippen LogP contribution in [0.1, 0.15) is 55.1 Å². The number of hydrogen-bond donors (Lipinski definition) is 3. The Morgan fingerprint density at radius 3 is 2.91 bits per heavy atom. The van der Waals surface area contributed by atoms with Gasteiger partial charge in [-0.3, -0.25) is 4.79 Å². The molecule has 3 aromatic rings. The van der Waals surface area contributed by atoms with Crippen LogP contribution in [0.15, 0.2) is 36.8 Å². The fraction of sp³-hybridized carbons (Fsp3) is 0.417. The van der Waals surface area contributed by atoms with Crippen molar-refractivity contribution < 1.29 is 9.18 Å². The number of amides is 1. The molecule has 4 heterocycles. The van der Waals surface area contributed by atoms with Crippen molar-refractivity contribution in [2.45, 2.75) is 39.3 Å². The molecule has 8 nitrogen and oxygen atoms in total. The van der Waals surface area contributed by atoms with E-state index in [0.717, 1.165) is 29.1 Å². The van der Waals surface area contributed by atoms with Gasteiger partial charge in [-0.25, -0.2) is 13.9 Å². The zero-order valence-corrected chi connectivity index (χ0v) is 19.1. The molecular formula is C24H28FN7O. The Morgan fingerprint density at radius 1 is 1.33 bits per heavy atom. The Kier molecular flexibility index (Phi) is 5.07. The van der Waals surface area contributed by atoms with Gasteiger partial charge in [0.1, 0.15) is 11.5 Å². The summed E-state index contributed by atoms with van der Waals surface area (Å²) >= 11 is 0. The van der Waals surface area contributed by atoms with E-state index in [1.54, 1.807) is 4.52 Å². The predicted octanol–water partition coefficient (Wildman–Crippen LogP) is 3.67. The van der Waals surface area contributed by atoms with Gasteiger partial charge in [0, 0.05) is 31.0 Å². The summed E-state index contributed by atoms with van der Waals surface area (Å²) in [7, 11) is 0. The third-order valence-electron chi connectivity index (χ3n) is 6.18. The Morgan fingerprint density at radius 2 is 2.15 bits per heavy atom. The monoisotopic (exact) mass is 449 g/mol. The van der Waals surface area contributed by atoms with Gasteiger partial charge in [-0.15, -0.1) is 0 Å². The van der Waals surface area contributed by atoms with Crippen LogP contribution in [-0.2, 0) is 0 Å². The molecule has 0 unspecified atom stereocenters. The molecule has 33 heavy (non-hydrogen) atoms. The fourth-order valence-corrected chi connectivity index (χ4v) is 3.82. The number of halogens is 1. The first kappa shape index (κ1) is 21.4. The predicted molar refractivity (Wildman–Crippen MR) is 126 cm³/mol. The highest BCUT2D eigenvalue weighted by molar-refractivity contribution is 6.01. The van der Waals surface area contributed by atoms with Crippen LogP contribution in [0.4, 0.5) is 16.2 Å². The zero-order valence-electron chi connectivity index (χ0n) is 19.1. The first-order valence-corrected chi connectivity index (χ1v) is 11.2. The molecule has 0 atom stereocenters. The second kappa shape index (κ2) is 7.83. The summed E-state index contributed by atoms with van der Waals surface area (Å²) in [5.41, 5.74) is 2.75. The van der Waals surface area contributed by atoms with E-state index < -0.39 is 5.67 Å². The number of rotatable bonds is 7. The van der Waals surface area contributed by atoms with E-state index in [-0.39, 0.29) is 12.5 Å². The van der Waals surface area contributed by atoms with Crippen LogP contribution in [0.2, 0.25) is 0 Å². The van der Waals surface area contributed by atoms with Crippen molar-refractivity contribution in [3.8, 4) is 0 Å². The summed E-state index contributed by atoms with van der Waals surface area (Å²) in [6.07, 6.45) is 9.70. The van der Waals surface area contributed by atoms with E-state index >= 15 is 0 Å². The lowest BCUT2D eigenvalue weighted by Gasteiger charge is -2.20. The molecule has 0 radical (unpaired) electrons. The Labute approximate surface area is 191 Å². The van der Waals surface area contributed by atoms with Gasteiger partial charge < -0.3 is 16.0 Å². The lowest BCUT2D eigenvalue weighted by atomic mass is 9.97. The van der Waals surface area contributed by atoms with Gasteiger partial charge in [-0.2, -0.15) is 10.1 Å². The zero-order chi connectivity index (χ0) is 23.2. The van der Waals surface area contributed by atoms with E-state index in [1.807, 2.05) is 24.5 Å². The molecule has 1 amide bonds. The molecule has 0 spiro atoms. The Balaban J connectivity index is 1.41. The van der Waals surface area contributed by atoms with Crippen molar-refractivity contribution in [3.05, 3.63) is 53.5 Å². The summed E-state index contributed by atoms with van der Waals surface area (Å²) in [4.78, 5) is 21.8. The maximum Gasteiger partial charge on any atom is 0.255 e. The quantitative estimate of drug-likeness (QED) is 0.509. The number of aromatic nitrogens is 4. The van der Waals surface area contributed by atoms with Gasteiger partial charge in [0.05, 0.1) is 23.8 Å². The highest BCUT2D eigenvalue weighted by atomic mass is 19.1. The number of nitrogens with one attached hydrogen (secondary N) is 3. The first-order valence-electron chi connectivity index (χ1n) is 11.2. The molecule has 1 saturated carbocycles. The number of alkyl halides is 1. The van der Waals surface area contributed by atoms with Crippen LogP contribution >= 0.6 is 0 Å². The minimum atomic E-state index is -1.49.